The SMILES string of the molecule is C(=NC1c2ccccc2-c2ccccc21)c1cccc2ccccc12. The Morgan fingerprint density at radius 3 is 1.96 bits per heavy atom. The maximum atomic E-state index is 5.00. The molecule has 0 radical (unpaired) electrons. The average Bonchev–Trinajstić information content (AvgIpc) is 3.00. The Balaban J connectivity index is 1.63. The second kappa shape index (κ2) is 5.71. The van der Waals surface area contributed by atoms with Gasteiger partial charge in [0, 0.05) is 11.8 Å². The number of aliphatic imine (C=N–C) groups is 1. The molecule has 1 heteroatoms. The van der Waals surface area contributed by atoms with Gasteiger partial charge < -0.3 is 0 Å². The van der Waals surface area contributed by atoms with Crippen LogP contribution in [0.2, 0.25) is 0 Å². The van der Waals surface area contributed by atoms with Crippen molar-refractivity contribution in [1.82, 2.24) is 0 Å². The van der Waals surface area contributed by atoms with Crippen molar-refractivity contribution in [2.75, 3.05) is 0 Å². The van der Waals surface area contributed by atoms with Crippen molar-refractivity contribution in [1.29, 1.82) is 0 Å². The summed E-state index contributed by atoms with van der Waals surface area (Å²) in [6.07, 6.45) is 2.03. The van der Waals surface area contributed by atoms with Crippen molar-refractivity contribution in [2.45, 2.75) is 6.04 Å². The summed E-state index contributed by atoms with van der Waals surface area (Å²) >= 11 is 0. The fourth-order valence-corrected chi connectivity index (χ4v) is 3.81. The van der Waals surface area contributed by atoms with Crippen LogP contribution in [-0.2, 0) is 0 Å². The maximum absolute atomic E-state index is 5.00. The Morgan fingerprint density at radius 1 is 0.600 bits per heavy atom. The molecule has 0 saturated heterocycles. The smallest absolute Gasteiger partial charge is 0.101 e. The molecule has 0 aromatic heterocycles. The molecule has 118 valence electrons. The summed E-state index contributed by atoms with van der Waals surface area (Å²) in [7, 11) is 0. The van der Waals surface area contributed by atoms with Gasteiger partial charge in [0.05, 0.1) is 0 Å². The van der Waals surface area contributed by atoms with Crippen LogP contribution in [0.25, 0.3) is 21.9 Å². The third-order valence-corrected chi connectivity index (χ3v) is 4.99. The Morgan fingerprint density at radius 2 is 1.20 bits per heavy atom. The first kappa shape index (κ1) is 14.2. The molecule has 0 fully saturated rings. The van der Waals surface area contributed by atoms with Crippen molar-refractivity contribution in [3.05, 3.63) is 108 Å². The van der Waals surface area contributed by atoms with Gasteiger partial charge in [-0.2, -0.15) is 0 Å². The minimum Gasteiger partial charge on any atom is -0.280 e. The summed E-state index contributed by atoms with van der Waals surface area (Å²) in [5.41, 5.74) is 6.36. The van der Waals surface area contributed by atoms with Crippen molar-refractivity contribution < 1.29 is 0 Å². The minimum absolute atomic E-state index is 0.0753. The van der Waals surface area contributed by atoms with E-state index >= 15 is 0 Å². The van der Waals surface area contributed by atoms with Crippen LogP contribution in [0, 0.1) is 0 Å². The van der Waals surface area contributed by atoms with Crippen LogP contribution in [-0.4, -0.2) is 6.21 Å². The van der Waals surface area contributed by atoms with Crippen molar-refractivity contribution in [2.24, 2.45) is 4.99 Å². The molecule has 5 rings (SSSR count). The number of benzene rings is 4. The van der Waals surface area contributed by atoms with Crippen molar-refractivity contribution in [3.8, 4) is 11.1 Å². The van der Waals surface area contributed by atoms with Crippen LogP contribution in [0.1, 0.15) is 22.7 Å². The molecule has 0 heterocycles. The fourth-order valence-electron chi connectivity index (χ4n) is 3.81. The van der Waals surface area contributed by atoms with Crippen LogP contribution >= 0.6 is 0 Å². The first-order valence-corrected chi connectivity index (χ1v) is 8.61. The van der Waals surface area contributed by atoms with E-state index in [2.05, 4.69) is 91.0 Å². The average molecular weight is 319 g/mol. The molecule has 0 bridgehead atoms. The third kappa shape index (κ3) is 2.28. The van der Waals surface area contributed by atoms with Gasteiger partial charge in [-0.15, -0.1) is 0 Å². The number of hydrogen-bond acceptors (Lipinski definition) is 1. The van der Waals surface area contributed by atoms with Crippen LogP contribution in [0.4, 0.5) is 0 Å². The minimum atomic E-state index is 0.0753. The normalized spacial score (nSPS) is 13.3. The first-order valence-electron chi connectivity index (χ1n) is 8.61. The topological polar surface area (TPSA) is 12.4 Å². The van der Waals surface area contributed by atoms with E-state index in [4.69, 9.17) is 4.99 Å². The number of rotatable bonds is 2. The van der Waals surface area contributed by atoms with Crippen LogP contribution in [0.3, 0.4) is 0 Å². The summed E-state index contributed by atoms with van der Waals surface area (Å²) in [6, 6.07) is 32.1. The highest BCUT2D eigenvalue weighted by atomic mass is 14.8. The summed E-state index contributed by atoms with van der Waals surface area (Å²) in [6.45, 7) is 0. The van der Waals surface area contributed by atoms with Crippen LogP contribution in [0.15, 0.2) is 96.0 Å². The summed E-state index contributed by atoms with van der Waals surface area (Å²) in [5, 5.41) is 2.49. The lowest BCUT2D eigenvalue weighted by molar-refractivity contribution is 0.908. The van der Waals surface area contributed by atoms with E-state index in [0.717, 1.165) is 0 Å². The van der Waals surface area contributed by atoms with Crippen LogP contribution < -0.4 is 0 Å². The summed E-state index contributed by atoms with van der Waals surface area (Å²) in [4.78, 5) is 5.00. The van der Waals surface area contributed by atoms with Gasteiger partial charge >= 0.3 is 0 Å². The molecule has 0 N–H and O–H groups in total. The van der Waals surface area contributed by atoms with Gasteiger partial charge in [0.25, 0.3) is 0 Å². The Hall–Kier alpha value is -3.19. The number of fused-ring (bicyclic) bond motifs is 4. The Bertz CT molecular complexity index is 1060. The van der Waals surface area contributed by atoms with E-state index in [-0.39, 0.29) is 6.04 Å². The largest absolute Gasteiger partial charge is 0.280 e. The molecule has 0 atom stereocenters. The van der Waals surface area contributed by atoms with E-state index in [1.54, 1.807) is 0 Å². The molecular weight excluding hydrogens is 302 g/mol. The highest BCUT2D eigenvalue weighted by molar-refractivity contribution is 6.00. The summed E-state index contributed by atoms with van der Waals surface area (Å²) in [5.74, 6) is 0. The quantitative estimate of drug-likeness (QED) is 0.400. The van der Waals surface area contributed by atoms with Gasteiger partial charge in [-0.25, -0.2) is 0 Å². The number of nitrogens with zero attached hydrogens (tertiary/aromatic N) is 1. The lowest BCUT2D eigenvalue weighted by atomic mass is 10.0. The van der Waals surface area contributed by atoms with Crippen LogP contribution in [0.5, 0.6) is 0 Å². The van der Waals surface area contributed by atoms with Gasteiger partial charge in [0.15, 0.2) is 0 Å². The van der Waals surface area contributed by atoms with Gasteiger partial charge in [-0.05, 0) is 33.0 Å². The Labute approximate surface area is 147 Å². The predicted octanol–water partition coefficient (Wildman–Crippen LogP) is 6.03. The van der Waals surface area contributed by atoms with E-state index in [9.17, 15) is 0 Å². The van der Waals surface area contributed by atoms with E-state index < -0.39 is 0 Å². The zero-order valence-electron chi connectivity index (χ0n) is 13.8. The van der Waals surface area contributed by atoms with Gasteiger partial charge in [-0.1, -0.05) is 91.0 Å². The zero-order chi connectivity index (χ0) is 16.6. The molecule has 1 nitrogen and oxygen atoms in total. The molecule has 0 unspecified atom stereocenters. The van der Waals surface area contributed by atoms with Crippen molar-refractivity contribution in [3.63, 3.8) is 0 Å². The third-order valence-electron chi connectivity index (χ3n) is 4.99. The molecule has 1 aliphatic rings. The second-order valence-electron chi connectivity index (χ2n) is 6.42. The molecular formula is C24H17N. The van der Waals surface area contributed by atoms with E-state index in [0.29, 0.717) is 0 Å². The standard InChI is InChI=1S/C24H17N/c1-2-11-19-17(8-1)9-7-10-18(19)16-25-24-22-14-5-3-12-20(22)21-13-4-6-15-23(21)24/h1-16,24H. The molecule has 1 aliphatic carbocycles. The predicted molar refractivity (Wildman–Crippen MR) is 105 cm³/mol. The fraction of sp³-hybridized carbons (Fsp3) is 0.0417. The molecule has 0 aliphatic heterocycles. The maximum Gasteiger partial charge on any atom is 0.101 e. The molecule has 0 spiro atoms. The van der Waals surface area contributed by atoms with Gasteiger partial charge in [-0.3, -0.25) is 4.99 Å². The number of hydrogen-bond donors (Lipinski definition) is 0. The van der Waals surface area contributed by atoms with Gasteiger partial charge in [0.1, 0.15) is 6.04 Å². The molecule has 0 saturated carbocycles. The van der Waals surface area contributed by atoms with E-state index in [1.807, 2.05) is 6.21 Å². The first-order chi connectivity index (χ1) is 12.4. The Kier molecular flexibility index (Phi) is 3.24. The second-order valence-corrected chi connectivity index (χ2v) is 6.42. The van der Waals surface area contributed by atoms with Crippen molar-refractivity contribution >= 4 is 17.0 Å². The van der Waals surface area contributed by atoms with Gasteiger partial charge in [0.2, 0.25) is 0 Å². The highest BCUT2D eigenvalue weighted by Crippen LogP contribution is 2.45. The molecule has 4 aromatic rings. The zero-order valence-corrected chi connectivity index (χ0v) is 13.8. The van der Waals surface area contributed by atoms with E-state index in [1.165, 1.54) is 38.6 Å². The molecule has 4 aromatic carbocycles. The lowest BCUT2D eigenvalue weighted by Gasteiger charge is -2.08. The summed E-state index contributed by atoms with van der Waals surface area (Å²) < 4.78 is 0. The molecule has 25 heavy (non-hydrogen) atoms. The monoisotopic (exact) mass is 319 g/mol. The molecule has 0 amide bonds. The lowest BCUT2D eigenvalue weighted by Crippen LogP contribution is -1.94. The highest BCUT2D eigenvalue weighted by Gasteiger charge is 2.26.